The molecular weight excluding hydrogens is 476 g/mol. The van der Waals surface area contributed by atoms with Gasteiger partial charge in [0.05, 0.1) is 18.5 Å². The molecule has 2 atom stereocenters. The maximum Gasteiger partial charge on any atom is 0.321 e. The van der Waals surface area contributed by atoms with Crippen LogP contribution in [-0.2, 0) is 16.6 Å². The molecule has 0 saturated carbocycles. The molecule has 178 valence electrons. The number of sulfonamides is 1. The zero-order valence-electron chi connectivity index (χ0n) is 18.4. The minimum absolute atomic E-state index is 0.106. The fourth-order valence-electron chi connectivity index (χ4n) is 4.76. The SMILES string of the molecule is COc1ccc(NC(=O)N2C[C@@H]3C[C@H](C2)c2c(NS(=O)(=O)c4cccs4)ccc(=O)n2C3)cc1. The van der Waals surface area contributed by atoms with Gasteiger partial charge in [-0.25, -0.2) is 13.2 Å². The van der Waals surface area contributed by atoms with E-state index in [1.54, 1.807) is 52.3 Å². The Morgan fingerprint density at radius 2 is 1.88 bits per heavy atom. The zero-order valence-corrected chi connectivity index (χ0v) is 20.1. The van der Waals surface area contributed by atoms with Gasteiger partial charge >= 0.3 is 6.03 Å². The number of pyridine rings is 1. The quantitative estimate of drug-likeness (QED) is 0.558. The number of aromatic nitrogens is 1. The van der Waals surface area contributed by atoms with E-state index in [2.05, 4.69) is 10.0 Å². The van der Waals surface area contributed by atoms with E-state index in [9.17, 15) is 18.0 Å². The largest absolute Gasteiger partial charge is 0.497 e. The van der Waals surface area contributed by atoms with E-state index < -0.39 is 10.0 Å². The molecule has 3 aromatic rings. The summed E-state index contributed by atoms with van der Waals surface area (Å²) in [5.74, 6) is 0.642. The number of piperidine rings is 1. The number of thiophene rings is 1. The van der Waals surface area contributed by atoms with Crippen LogP contribution < -0.4 is 20.3 Å². The minimum atomic E-state index is -3.77. The van der Waals surface area contributed by atoms with Crippen molar-refractivity contribution < 1.29 is 17.9 Å². The smallest absolute Gasteiger partial charge is 0.321 e. The summed E-state index contributed by atoms with van der Waals surface area (Å²) >= 11 is 1.13. The van der Waals surface area contributed by atoms with Crippen molar-refractivity contribution in [2.75, 3.05) is 30.2 Å². The van der Waals surface area contributed by atoms with Crippen LogP contribution >= 0.6 is 11.3 Å². The van der Waals surface area contributed by atoms with E-state index in [4.69, 9.17) is 4.74 Å². The van der Waals surface area contributed by atoms with E-state index in [-0.39, 0.29) is 27.6 Å². The first-order valence-corrected chi connectivity index (χ1v) is 13.2. The Morgan fingerprint density at radius 3 is 2.59 bits per heavy atom. The molecule has 1 aromatic carbocycles. The second-order valence-electron chi connectivity index (χ2n) is 8.48. The summed E-state index contributed by atoms with van der Waals surface area (Å²) < 4.78 is 35.4. The van der Waals surface area contributed by atoms with E-state index in [0.717, 1.165) is 17.8 Å². The number of nitrogens with one attached hydrogen (secondary N) is 2. The summed E-state index contributed by atoms with van der Waals surface area (Å²) in [5.41, 5.74) is 1.50. The number of nitrogens with zero attached hydrogens (tertiary/aromatic N) is 2. The number of hydrogen-bond acceptors (Lipinski definition) is 6. The van der Waals surface area contributed by atoms with Crippen LogP contribution in [0.15, 0.2) is 62.9 Å². The number of fused-ring (bicyclic) bond motifs is 4. The van der Waals surface area contributed by atoms with Crippen molar-refractivity contribution in [2.24, 2.45) is 5.92 Å². The molecule has 34 heavy (non-hydrogen) atoms. The number of anilines is 2. The number of rotatable bonds is 5. The lowest BCUT2D eigenvalue weighted by Crippen LogP contribution is -2.50. The molecule has 2 bridgehead atoms. The Hall–Kier alpha value is -3.31. The van der Waals surface area contributed by atoms with E-state index in [1.807, 2.05) is 0 Å². The van der Waals surface area contributed by atoms with E-state index >= 15 is 0 Å². The fraction of sp³-hybridized carbons (Fsp3) is 0.304. The van der Waals surface area contributed by atoms with Gasteiger partial charge in [0.2, 0.25) is 0 Å². The third-order valence-corrected chi connectivity index (χ3v) is 8.99. The van der Waals surface area contributed by atoms with Gasteiger partial charge in [0.15, 0.2) is 0 Å². The normalized spacial score (nSPS) is 19.3. The molecule has 9 nitrogen and oxygen atoms in total. The summed E-state index contributed by atoms with van der Waals surface area (Å²) in [6.07, 6.45) is 0.781. The molecule has 2 aromatic heterocycles. The molecule has 2 aliphatic rings. The predicted octanol–water partition coefficient (Wildman–Crippen LogP) is 3.37. The molecule has 0 radical (unpaired) electrons. The van der Waals surface area contributed by atoms with Crippen molar-refractivity contribution in [3.05, 3.63) is 70.0 Å². The van der Waals surface area contributed by atoms with Gasteiger partial charge in [-0.2, -0.15) is 0 Å². The Morgan fingerprint density at radius 1 is 1.09 bits per heavy atom. The number of ether oxygens (including phenoxy) is 1. The number of urea groups is 1. The Balaban J connectivity index is 1.40. The van der Waals surface area contributed by atoms with Crippen LogP contribution in [0.2, 0.25) is 0 Å². The molecule has 4 heterocycles. The molecule has 2 N–H and O–H groups in total. The molecule has 0 aliphatic carbocycles. The molecule has 0 spiro atoms. The van der Waals surface area contributed by atoms with Gasteiger partial charge < -0.3 is 19.5 Å². The van der Waals surface area contributed by atoms with Gasteiger partial charge in [-0.15, -0.1) is 11.3 Å². The maximum atomic E-state index is 13.0. The van der Waals surface area contributed by atoms with E-state index in [0.29, 0.717) is 42.5 Å². The van der Waals surface area contributed by atoms with Crippen molar-refractivity contribution in [3.63, 3.8) is 0 Å². The van der Waals surface area contributed by atoms with Crippen LogP contribution in [0.3, 0.4) is 0 Å². The lowest BCUT2D eigenvalue weighted by molar-refractivity contribution is 0.140. The average Bonchev–Trinajstić information content (AvgIpc) is 3.37. The highest BCUT2D eigenvalue weighted by Gasteiger charge is 2.38. The van der Waals surface area contributed by atoms with Crippen LogP contribution in [0.5, 0.6) is 5.75 Å². The number of carbonyl (C=O) groups is 1. The second kappa shape index (κ2) is 8.80. The number of amides is 2. The van der Waals surface area contributed by atoms with Crippen molar-refractivity contribution in [2.45, 2.75) is 23.1 Å². The summed E-state index contributed by atoms with van der Waals surface area (Å²) in [4.78, 5) is 27.4. The molecule has 5 rings (SSSR count). The van der Waals surface area contributed by atoms with Crippen molar-refractivity contribution >= 4 is 38.8 Å². The first-order valence-electron chi connectivity index (χ1n) is 10.8. The minimum Gasteiger partial charge on any atom is -0.497 e. The number of benzene rings is 1. The first-order chi connectivity index (χ1) is 16.3. The predicted molar refractivity (Wildman–Crippen MR) is 130 cm³/mol. The molecule has 1 saturated heterocycles. The van der Waals surface area contributed by atoms with Gasteiger partial charge in [0.1, 0.15) is 9.96 Å². The lowest BCUT2D eigenvalue weighted by atomic mass is 9.82. The van der Waals surface area contributed by atoms with Gasteiger partial charge in [-0.05, 0) is 54.1 Å². The monoisotopic (exact) mass is 500 g/mol. The number of carbonyl (C=O) groups excluding carboxylic acids is 1. The second-order valence-corrected chi connectivity index (χ2v) is 11.3. The van der Waals surface area contributed by atoms with Crippen LogP contribution in [-0.4, -0.2) is 44.1 Å². The Labute approximate surface area is 201 Å². The van der Waals surface area contributed by atoms with Gasteiger partial charge in [-0.1, -0.05) is 6.07 Å². The first kappa shape index (κ1) is 22.5. The van der Waals surface area contributed by atoms with Crippen molar-refractivity contribution in [1.82, 2.24) is 9.47 Å². The third kappa shape index (κ3) is 4.28. The Bertz CT molecular complexity index is 1370. The summed E-state index contributed by atoms with van der Waals surface area (Å²) in [6, 6.07) is 13.0. The molecular formula is C23H24N4O5S2. The lowest BCUT2D eigenvalue weighted by Gasteiger charge is -2.43. The highest BCUT2D eigenvalue weighted by atomic mass is 32.2. The topological polar surface area (TPSA) is 110 Å². The molecule has 0 unspecified atom stereocenters. The highest BCUT2D eigenvalue weighted by Crippen LogP contribution is 2.39. The zero-order chi connectivity index (χ0) is 23.9. The summed E-state index contributed by atoms with van der Waals surface area (Å²) in [7, 11) is -2.19. The number of methoxy groups -OCH3 is 1. The third-order valence-electron chi connectivity index (χ3n) is 6.22. The molecule has 1 fully saturated rings. The highest BCUT2D eigenvalue weighted by molar-refractivity contribution is 7.94. The van der Waals surface area contributed by atoms with Crippen molar-refractivity contribution in [1.29, 1.82) is 0 Å². The summed E-state index contributed by atoms with van der Waals surface area (Å²) in [6.45, 7) is 1.34. The Kier molecular flexibility index (Phi) is 5.82. The number of likely N-dealkylation sites (tertiary alicyclic amines) is 1. The van der Waals surface area contributed by atoms with Crippen molar-refractivity contribution in [3.8, 4) is 5.75 Å². The fourth-order valence-corrected chi connectivity index (χ4v) is 6.82. The van der Waals surface area contributed by atoms with Crippen LogP contribution in [0, 0.1) is 5.92 Å². The van der Waals surface area contributed by atoms with Crippen LogP contribution in [0.4, 0.5) is 16.2 Å². The molecule has 2 amide bonds. The van der Waals surface area contributed by atoms with Gasteiger partial charge in [0.25, 0.3) is 15.6 Å². The summed E-state index contributed by atoms with van der Waals surface area (Å²) in [5, 5.41) is 4.61. The average molecular weight is 501 g/mol. The van der Waals surface area contributed by atoms with Gasteiger partial charge in [0, 0.05) is 37.3 Å². The number of hydrogen-bond donors (Lipinski definition) is 2. The van der Waals surface area contributed by atoms with Gasteiger partial charge in [-0.3, -0.25) is 9.52 Å². The maximum absolute atomic E-state index is 13.0. The standard InChI is InChI=1S/C23H24N4O5S2/c1-32-18-6-4-17(5-7-18)24-23(29)26-12-15-11-16(14-26)22-19(8-9-20(28)27(22)13-15)25-34(30,31)21-3-2-10-33-21/h2-10,15-16,25H,11-14H2,1H3,(H,24,29)/t15-,16+/m0/s1. The molecule has 2 aliphatic heterocycles. The van der Waals surface area contributed by atoms with Crippen LogP contribution in [0.25, 0.3) is 0 Å². The van der Waals surface area contributed by atoms with Crippen LogP contribution in [0.1, 0.15) is 18.0 Å². The molecule has 11 heteroatoms. The van der Waals surface area contributed by atoms with E-state index in [1.165, 1.54) is 18.2 Å².